The van der Waals surface area contributed by atoms with E-state index in [1.807, 2.05) is 78.9 Å². The predicted octanol–water partition coefficient (Wildman–Crippen LogP) is 9.19. The molecule has 0 saturated carbocycles. The van der Waals surface area contributed by atoms with Crippen LogP contribution in [0.25, 0.3) is 0 Å². The minimum absolute atomic E-state index is 0.0156. The monoisotopic (exact) mass is 695 g/mol. The zero-order valence-corrected chi connectivity index (χ0v) is 29.3. The lowest BCUT2D eigenvalue weighted by molar-refractivity contribution is -0.209. The topological polar surface area (TPSA) is 73.3 Å². The maximum absolute atomic E-state index is 16.8. The van der Waals surface area contributed by atoms with Crippen LogP contribution in [0.1, 0.15) is 43.0 Å². The molecule has 0 aliphatic carbocycles. The maximum Gasteiger partial charge on any atom is 0.315 e. The number of para-hydroxylation sites is 2. The highest BCUT2D eigenvalue weighted by molar-refractivity contribution is 5.80. The first-order valence-electron chi connectivity index (χ1n) is 16.4. The van der Waals surface area contributed by atoms with Crippen molar-refractivity contribution in [3.05, 3.63) is 149 Å². The molecule has 7 nitrogen and oxygen atoms in total. The van der Waals surface area contributed by atoms with Crippen molar-refractivity contribution in [2.24, 2.45) is 4.99 Å². The molecule has 0 spiro atoms. The quantitative estimate of drug-likeness (QED) is 0.142. The minimum atomic E-state index is -3.69. The van der Waals surface area contributed by atoms with Gasteiger partial charge in [0.05, 0.1) is 32.7 Å². The number of alkyl halides is 2. The summed E-state index contributed by atoms with van der Waals surface area (Å²) in [6, 6.07) is 35.4. The van der Waals surface area contributed by atoms with E-state index in [4.69, 9.17) is 18.9 Å². The van der Waals surface area contributed by atoms with Crippen LogP contribution in [0.5, 0.6) is 17.2 Å². The molecule has 1 aliphatic rings. The van der Waals surface area contributed by atoms with Crippen molar-refractivity contribution in [2.75, 3.05) is 26.6 Å². The van der Waals surface area contributed by atoms with Crippen LogP contribution in [0.15, 0.2) is 126 Å². The molecule has 5 aromatic carbocycles. The number of nitrogens with zero attached hydrogens (tertiary/aromatic N) is 1. The summed E-state index contributed by atoms with van der Waals surface area (Å²) in [6.07, 6.45) is 0. The number of nitrogens with one attached hydrogen (secondary N) is 2. The van der Waals surface area contributed by atoms with Crippen molar-refractivity contribution in [1.82, 2.24) is 5.32 Å². The second-order valence-corrected chi connectivity index (χ2v) is 12.9. The number of aliphatic imine (C=N–C) groups is 1. The molecular weight excluding hydrogens is 655 g/mol. The number of anilines is 2. The van der Waals surface area contributed by atoms with Gasteiger partial charge in [0.2, 0.25) is 0 Å². The molecule has 1 atom stereocenters. The summed E-state index contributed by atoms with van der Waals surface area (Å²) in [5, 5.41) is 6.47. The molecule has 0 bridgehead atoms. The number of benzene rings is 5. The second kappa shape index (κ2) is 13.6. The number of hydrogen-bond acceptors (Lipinski definition) is 7. The molecule has 0 aromatic heterocycles. The third-order valence-corrected chi connectivity index (χ3v) is 9.49. The van der Waals surface area contributed by atoms with Crippen LogP contribution in [-0.2, 0) is 15.8 Å². The molecule has 0 radical (unpaired) electrons. The Hall–Kier alpha value is -5.64. The molecule has 264 valence electrons. The van der Waals surface area contributed by atoms with Gasteiger partial charge in [-0.15, -0.1) is 0 Å². The van der Waals surface area contributed by atoms with Crippen molar-refractivity contribution < 1.29 is 32.1 Å². The standard InChI is InChI=1S/C41H40F3N3O4/c1-38(2)41(43,44)39(3,32-15-12-17-34(36(32)42)45-33-16-10-11-18-35(33)50-6)46-37(51-38)47-40(27-13-8-7-9-14-27,28-19-23-30(48-4)24-20-28)29-21-25-31(49-5)26-22-29/h7-26,45H,1-6H3,(H,46,47)/t39-/m1/s1. The Kier molecular flexibility index (Phi) is 9.37. The Morgan fingerprint density at radius 3 is 1.73 bits per heavy atom. The van der Waals surface area contributed by atoms with Crippen molar-refractivity contribution in [1.29, 1.82) is 0 Å². The summed E-state index contributed by atoms with van der Waals surface area (Å²) in [5.74, 6) is -2.85. The highest BCUT2D eigenvalue weighted by Crippen LogP contribution is 2.53. The van der Waals surface area contributed by atoms with Crippen molar-refractivity contribution in [2.45, 2.75) is 43.4 Å². The molecule has 2 N–H and O–H groups in total. The van der Waals surface area contributed by atoms with E-state index >= 15 is 13.2 Å². The smallest absolute Gasteiger partial charge is 0.315 e. The molecule has 6 rings (SSSR count). The van der Waals surface area contributed by atoms with Crippen molar-refractivity contribution in [3.8, 4) is 17.2 Å². The van der Waals surface area contributed by atoms with Crippen LogP contribution in [0.2, 0.25) is 0 Å². The summed E-state index contributed by atoms with van der Waals surface area (Å²) in [6.45, 7) is 3.79. The van der Waals surface area contributed by atoms with Gasteiger partial charge < -0.3 is 29.6 Å². The SMILES string of the molecule is COc1ccc(C(NC2=N[C@](C)(c3cccc(Nc4ccccc4OC)c3F)C(F)(F)C(C)(C)O2)(c2ccccc2)c2ccc(OC)cc2)cc1. The van der Waals surface area contributed by atoms with Gasteiger partial charge in [0.15, 0.2) is 17.0 Å². The van der Waals surface area contributed by atoms with Gasteiger partial charge in [0.25, 0.3) is 6.02 Å². The fourth-order valence-electron chi connectivity index (χ4n) is 6.62. The average Bonchev–Trinajstić information content (AvgIpc) is 3.14. The highest BCUT2D eigenvalue weighted by Gasteiger charge is 2.67. The molecule has 10 heteroatoms. The van der Waals surface area contributed by atoms with Gasteiger partial charge in [-0.05, 0) is 79.9 Å². The number of amidine groups is 1. The molecule has 0 amide bonds. The van der Waals surface area contributed by atoms with Crippen molar-refractivity contribution in [3.63, 3.8) is 0 Å². The molecule has 0 saturated heterocycles. The number of rotatable bonds is 10. The van der Waals surface area contributed by atoms with E-state index in [9.17, 15) is 0 Å². The van der Waals surface area contributed by atoms with E-state index in [0.717, 1.165) is 16.7 Å². The van der Waals surface area contributed by atoms with Crippen LogP contribution in [0.4, 0.5) is 24.5 Å². The zero-order valence-electron chi connectivity index (χ0n) is 29.3. The van der Waals surface area contributed by atoms with Crippen LogP contribution in [0.3, 0.4) is 0 Å². The van der Waals surface area contributed by atoms with Gasteiger partial charge in [0, 0.05) is 5.56 Å². The Labute approximate surface area is 296 Å². The lowest BCUT2D eigenvalue weighted by Crippen LogP contribution is -2.64. The number of ether oxygens (including phenoxy) is 4. The molecule has 1 aliphatic heterocycles. The first-order valence-corrected chi connectivity index (χ1v) is 16.4. The summed E-state index contributed by atoms with van der Waals surface area (Å²) in [4.78, 5) is 4.60. The lowest BCUT2D eigenvalue weighted by Gasteiger charge is -2.49. The summed E-state index contributed by atoms with van der Waals surface area (Å²) >= 11 is 0. The highest BCUT2D eigenvalue weighted by atomic mass is 19.3. The minimum Gasteiger partial charge on any atom is -0.497 e. The lowest BCUT2D eigenvalue weighted by atomic mass is 9.76. The Morgan fingerprint density at radius 1 is 0.627 bits per heavy atom. The van der Waals surface area contributed by atoms with Crippen LogP contribution in [0, 0.1) is 5.82 Å². The third-order valence-electron chi connectivity index (χ3n) is 9.49. The number of halogens is 3. The normalized spacial score (nSPS) is 17.8. The van der Waals surface area contributed by atoms with Crippen LogP contribution in [-0.4, -0.2) is 38.9 Å². The van der Waals surface area contributed by atoms with Gasteiger partial charge in [-0.2, -0.15) is 8.78 Å². The largest absolute Gasteiger partial charge is 0.497 e. The first kappa shape index (κ1) is 35.2. The zero-order chi connectivity index (χ0) is 36.4. The predicted molar refractivity (Wildman–Crippen MR) is 193 cm³/mol. The Bertz CT molecular complexity index is 1970. The van der Waals surface area contributed by atoms with Crippen LogP contribution >= 0.6 is 0 Å². The third kappa shape index (κ3) is 6.09. The van der Waals surface area contributed by atoms with E-state index in [1.165, 1.54) is 46.1 Å². The fraction of sp³-hybridized carbons (Fsp3) is 0.244. The number of hydrogen-bond donors (Lipinski definition) is 2. The summed E-state index contributed by atoms with van der Waals surface area (Å²) in [7, 11) is 4.65. The average molecular weight is 696 g/mol. The van der Waals surface area contributed by atoms with E-state index in [2.05, 4.69) is 15.6 Å². The maximum atomic E-state index is 16.8. The van der Waals surface area contributed by atoms with Gasteiger partial charge in [-0.1, -0.05) is 78.9 Å². The van der Waals surface area contributed by atoms with Gasteiger partial charge >= 0.3 is 5.92 Å². The van der Waals surface area contributed by atoms with E-state index in [1.54, 1.807) is 38.5 Å². The van der Waals surface area contributed by atoms with Gasteiger partial charge in [-0.3, -0.25) is 0 Å². The molecule has 1 heterocycles. The summed E-state index contributed by atoms with van der Waals surface area (Å²) < 4.78 is 72.7. The Morgan fingerprint density at radius 2 is 1.16 bits per heavy atom. The van der Waals surface area contributed by atoms with E-state index in [-0.39, 0.29) is 17.3 Å². The number of methoxy groups -OCH3 is 3. The molecule has 0 fully saturated rings. The molecular formula is C41H40F3N3O4. The molecule has 51 heavy (non-hydrogen) atoms. The van der Waals surface area contributed by atoms with Crippen LogP contribution < -0.4 is 24.8 Å². The van der Waals surface area contributed by atoms with Crippen molar-refractivity contribution >= 4 is 17.4 Å². The van der Waals surface area contributed by atoms with Gasteiger partial charge in [-0.25, -0.2) is 9.38 Å². The molecule has 0 unspecified atom stereocenters. The van der Waals surface area contributed by atoms with Gasteiger partial charge in [0.1, 0.15) is 22.8 Å². The fourth-order valence-corrected chi connectivity index (χ4v) is 6.62. The Balaban J connectivity index is 1.56. The van der Waals surface area contributed by atoms with E-state index in [0.29, 0.717) is 22.9 Å². The molecule has 5 aromatic rings. The second-order valence-electron chi connectivity index (χ2n) is 12.9. The summed E-state index contributed by atoms with van der Waals surface area (Å²) in [5.41, 5.74) is -3.45. The van der Waals surface area contributed by atoms with E-state index < -0.39 is 28.4 Å². The first-order chi connectivity index (χ1) is 24.4.